The Hall–Kier alpha value is -0.130. The van der Waals surface area contributed by atoms with Crippen LogP contribution in [0.3, 0.4) is 0 Å². The predicted octanol–water partition coefficient (Wildman–Crippen LogP) is 3.72. The van der Waals surface area contributed by atoms with Gasteiger partial charge in [-0.1, -0.05) is 33.6 Å². The van der Waals surface area contributed by atoms with Gasteiger partial charge in [-0.2, -0.15) is 0 Å². The molecule has 0 amide bonds. The highest BCUT2D eigenvalue weighted by Gasteiger charge is 2.43. The van der Waals surface area contributed by atoms with E-state index >= 15 is 0 Å². The zero-order chi connectivity index (χ0) is 14.2. The largest absolute Gasteiger partial charge is 0.388 e. The molecule has 0 aliphatic carbocycles. The minimum absolute atomic E-state index is 0.170. The predicted molar refractivity (Wildman–Crippen MR) is 81.0 cm³/mol. The van der Waals surface area contributed by atoms with Crippen LogP contribution in [0.2, 0.25) is 5.02 Å². The van der Waals surface area contributed by atoms with Crippen LogP contribution in [0.5, 0.6) is 0 Å². The first-order chi connectivity index (χ1) is 9.60. The van der Waals surface area contributed by atoms with Gasteiger partial charge in [0.05, 0.1) is 18.3 Å². The van der Waals surface area contributed by atoms with Crippen molar-refractivity contribution in [1.82, 2.24) is 0 Å². The molecule has 3 rings (SSSR count). The number of hydrogen-bond donors (Lipinski definition) is 1. The Kier molecular flexibility index (Phi) is 4.39. The summed E-state index contributed by atoms with van der Waals surface area (Å²) in [5.74, 6) is 0.170. The molecule has 0 radical (unpaired) electrons. The molecule has 20 heavy (non-hydrogen) atoms. The van der Waals surface area contributed by atoms with Gasteiger partial charge < -0.3 is 14.6 Å². The lowest BCUT2D eigenvalue weighted by molar-refractivity contribution is -0.117. The van der Waals surface area contributed by atoms with Crippen LogP contribution in [0.4, 0.5) is 0 Å². The van der Waals surface area contributed by atoms with Crippen LogP contribution in [0, 0.1) is 5.92 Å². The third-order valence-electron chi connectivity index (χ3n) is 4.33. The molecule has 2 fully saturated rings. The smallest absolute Gasteiger partial charge is 0.0940 e. The van der Waals surface area contributed by atoms with Crippen molar-refractivity contribution < 1.29 is 14.6 Å². The summed E-state index contributed by atoms with van der Waals surface area (Å²) in [4.78, 5) is 0. The molecule has 110 valence electrons. The molecular weight excluding hydrogens is 344 g/mol. The fourth-order valence-corrected chi connectivity index (χ4v) is 3.98. The molecule has 2 heterocycles. The average Bonchev–Trinajstić information content (AvgIpc) is 2.86. The molecule has 1 aromatic carbocycles. The van der Waals surface area contributed by atoms with Crippen LogP contribution in [0.15, 0.2) is 22.7 Å². The van der Waals surface area contributed by atoms with Crippen LogP contribution in [0.1, 0.15) is 30.9 Å². The molecule has 0 saturated carbocycles. The van der Waals surface area contributed by atoms with Crippen LogP contribution < -0.4 is 0 Å². The molecule has 3 unspecified atom stereocenters. The van der Waals surface area contributed by atoms with Crippen molar-refractivity contribution in [3.8, 4) is 0 Å². The fraction of sp³-hybridized carbons (Fsp3) is 0.600. The third kappa shape index (κ3) is 2.90. The van der Waals surface area contributed by atoms with E-state index in [1.807, 2.05) is 18.2 Å². The van der Waals surface area contributed by atoms with Gasteiger partial charge in [-0.3, -0.25) is 0 Å². The van der Waals surface area contributed by atoms with Gasteiger partial charge in [-0.15, -0.1) is 0 Å². The van der Waals surface area contributed by atoms with Crippen LogP contribution in [0.25, 0.3) is 0 Å². The molecule has 0 aromatic heterocycles. The first kappa shape index (κ1) is 14.8. The van der Waals surface area contributed by atoms with E-state index in [1.165, 1.54) is 0 Å². The second-order valence-electron chi connectivity index (χ2n) is 5.70. The molecule has 3 atom stereocenters. The van der Waals surface area contributed by atoms with E-state index < -0.39 is 6.10 Å². The highest BCUT2D eigenvalue weighted by molar-refractivity contribution is 9.10. The van der Waals surface area contributed by atoms with Crippen LogP contribution in [-0.4, -0.2) is 30.5 Å². The number of aliphatic hydroxyl groups excluding tert-OH is 1. The topological polar surface area (TPSA) is 38.7 Å². The van der Waals surface area contributed by atoms with Gasteiger partial charge >= 0.3 is 0 Å². The van der Waals surface area contributed by atoms with Crippen molar-refractivity contribution in [2.75, 3.05) is 19.8 Å². The van der Waals surface area contributed by atoms with E-state index in [9.17, 15) is 5.11 Å². The molecule has 1 spiro atoms. The molecule has 2 saturated heterocycles. The van der Waals surface area contributed by atoms with Crippen molar-refractivity contribution in [3.05, 3.63) is 33.3 Å². The SMILES string of the molecule is OC(c1ccc(Br)cc1Cl)C1CCOC2(CCOC2)C1. The summed E-state index contributed by atoms with van der Waals surface area (Å²) in [6, 6.07) is 5.64. The summed E-state index contributed by atoms with van der Waals surface area (Å²) in [5, 5.41) is 11.3. The molecule has 1 aromatic rings. The minimum atomic E-state index is -0.544. The summed E-state index contributed by atoms with van der Waals surface area (Å²) >= 11 is 9.64. The first-order valence-electron chi connectivity index (χ1n) is 6.94. The van der Waals surface area contributed by atoms with Crippen molar-refractivity contribution in [2.24, 2.45) is 5.92 Å². The average molecular weight is 362 g/mol. The van der Waals surface area contributed by atoms with Crippen LogP contribution in [-0.2, 0) is 9.47 Å². The summed E-state index contributed by atoms with van der Waals surface area (Å²) in [5.41, 5.74) is 0.613. The van der Waals surface area contributed by atoms with E-state index in [0.29, 0.717) is 18.2 Å². The van der Waals surface area contributed by atoms with Gasteiger partial charge in [0.25, 0.3) is 0 Å². The van der Waals surface area contributed by atoms with Crippen LogP contribution >= 0.6 is 27.5 Å². The Morgan fingerprint density at radius 1 is 1.40 bits per heavy atom. The molecule has 0 bridgehead atoms. The Morgan fingerprint density at radius 2 is 2.25 bits per heavy atom. The molecular formula is C15H18BrClO3. The van der Waals surface area contributed by atoms with E-state index in [4.69, 9.17) is 21.1 Å². The third-order valence-corrected chi connectivity index (χ3v) is 5.15. The number of hydrogen-bond acceptors (Lipinski definition) is 3. The first-order valence-corrected chi connectivity index (χ1v) is 8.11. The number of benzene rings is 1. The zero-order valence-electron chi connectivity index (χ0n) is 11.1. The van der Waals surface area contributed by atoms with Gasteiger partial charge in [0.1, 0.15) is 0 Å². The van der Waals surface area contributed by atoms with Crippen molar-refractivity contribution in [3.63, 3.8) is 0 Å². The standard InChI is InChI=1S/C15H18BrClO3/c16-11-1-2-12(13(17)7-11)14(18)10-3-5-20-15(8-10)4-6-19-9-15/h1-2,7,10,14,18H,3-6,8-9H2. The van der Waals surface area contributed by atoms with Gasteiger partial charge in [0.2, 0.25) is 0 Å². The van der Waals surface area contributed by atoms with Crippen molar-refractivity contribution in [2.45, 2.75) is 31.0 Å². The lowest BCUT2D eigenvalue weighted by Crippen LogP contribution is -2.41. The molecule has 2 aliphatic rings. The normalized spacial score (nSPS) is 31.6. The summed E-state index contributed by atoms with van der Waals surface area (Å²) in [6.45, 7) is 2.07. The van der Waals surface area contributed by atoms with Gasteiger partial charge in [-0.25, -0.2) is 0 Å². The molecule has 2 aliphatic heterocycles. The number of halogens is 2. The summed E-state index contributed by atoms with van der Waals surface area (Å²) < 4.78 is 12.3. The minimum Gasteiger partial charge on any atom is -0.388 e. The summed E-state index contributed by atoms with van der Waals surface area (Å²) in [6.07, 6.45) is 2.07. The molecule has 3 nitrogen and oxygen atoms in total. The summed E-state index contributed by atoms with van der Waals surface area (Å²) in [7, 11) is 0. The van der Waals surface area contributed by atoms with E-state index in [1.54, 1.807) is 0 Å². The number of ether oxygens (including phenoxy) is 2. The highest BCUT2D eigenvalue weighted by atomic mass is 79.9. The van der Waals surface area contributed by atoms with E-state index in [-0.39, 0.29) is 11.5 Å². The van der Waals surface area contributed by atoms with E-state index in [2.05, 4.69) is 15.9 Å². The maximum absolute atomic E-state index is 10.7. The zero-order valence-corrected chi connectivity index (χ0v) is 13.5. The molecule has 5 heteroatoms. The van der Waals surface area contributed by atoms with Gasteiger partial charge in [-0.05, 0) is 36.5 Å². The Balaban J connectivity index is 1.77. The Labute approximate surface area is 132 Å². The lowest BCUT2D eigenvalue weighted by atomic mass is 9.80. The maximum atomic E-state index is 10.7. The Bertz CT molecular complexity index is 488. The molecule has 1 N–H and O–H groups in total. The maximum Gasteiger partial charge on any atom is 0.0940 e. The lowest BCUT2D eigenvalue weighted by Gasteiger charge is -2.39. The van der Waals surface area contributed by atoms with Gasteiger partial charge in [0, 0.05) is 29.1 Å². The second-order valence-corrected chi connectivity index (χ2v) is 7.02. The quantitative estimate of drug-likeness (QED) is 0.872. The number of aliphatic hydroxyl groups is 1. The monoisotopic (exact) mass is 360 g/mol. The van der Waals surface area contributed by atoms with Crippen molar-refractivity contribution >= 4 is 27.5 Å². The fourth-order valence-electron chi connectivity index (χ4n) is 3.19. The second kappa shape index (κ2) is 5.93. The van der Waals surface area contributed by atoms with E-state index in [0.717, 1.165) is 35.9 Å². The van der Waals surface area contributed by atoms with Crippen molar-refractivity contribution in [1.29, 1.82) is 0 Å². The van der Waals surface area contributed by atoms with Gasteiger partial charge in [0.15, 0.2) is 0 Å². The Morgan fingerprint density at radius 3 is 2.95 bits per heavy atom. The highest BCUT2D eigenvalue weighted by Crippen LogP contribution is 2.42. The number of rotatable bonds is 2.